The second-order valence-corrected chi connectivity index (χ2v) is 7.06. The summed E-state index contributed by atoms with van der Waals surface area (Å²) in [7, 11) is -0.826. The van der Waals surface area contributed by atoms with Crippen molar-refractivity contribution in [2.24, 2.45) is 0 Å². The van der Waals surface area contributed by atoms with Gasteiger partial charge < -0.3 is 0 Å². The summed E-state index contributed by atoms with van der Waals surface area (Å²) in [5.74, 6) is 0. The predicted molar refractivity (Wildman–Crippen MR) is 75.1 cm³/mol. The van der Waals surface area contributed by atoms with Gasteiger partial charge in [0.2, 0.25) is 0 Å². The van der Waals surface area contributed by atoms with E-state index in [-0.39, 0.29) is 0 Å². The maximum absolute atomic E-state index is 12.7. The van der Waals surface area contributed by atoms with Gasteiger partial charge in [-0.15, -0.1) is 0 Å². The third-order valence-corrected chi connectivity index (χ3v) is 6.13. The van der Waals surface area contributed by atoms with E-state index < -0.39 is 10.8 Å². The van der Waals surface area contributed by atoms with Gasteiger partial charge in [0.05, 0.1) is 16.0 Å². The molecule has 1 aromatic carbocycles. The molecule has 0 amide bonds. The van der Waals surface area contributed by atoms with E-state index in [0.717, 1.165) is 17.9 Å². The molecule has 2 fully saturated rings. The molecule has 0 radical (unpaired) electrons. The first-order chi connectivity index (χ1) is 8.86. The lowest BCUT2D eigenvalue weighted by Crippen LogP contribution is -2.36. The van der Waals surface area contributed by atoms with E-state index in [0.29, 0.717) is 11.3 Å². The van der Waals surface area contributed by atoms with Crippen molar-refractivity contribution in [1.82, 2.24) is 4.90 Å². The summed E-state index contributed by atoms with van der Waals surface area (Å²) in [5.41, 5.74) is 0. The van der Waals surface area contributed by atoms with Crippen LogP contribution in [0.5, 0.6) is 0 Å². The third kappa shape index (κ3) is 2.39. The first kappa shape index (κ1) is 12.4. The van der Waals surface area contributed by atoms with Crippen LogP contribution in [-0.4, -0.2) is 33.5 Å². The highest BCUT2D eigenvalue weighted by Crippen LogP contribution is 2.31. The van der Waals surface area contributed by atoms with E-state index >= 15 is 0 Å². The van der Waals surface area contributed by atoms with Crippen LogP contribution in [-0.2, 0) is 10.8 Å². The zero-order valence-corrected chi connectivity index (χ0v) is 11.6. The number of fused-ring (bicyclic) bond motifs is 1. The zero-order valence-electron chi connectivity index (χ0n) is 10.8. The summed E-state index contributed by atoms with van der Waals surface area (Å²) in [6.07, 6.45) is 6.32. The Bertz CT molecular complexity index is 420. The van der Waals surface area contributed by atoms with Crippen LogP contribution in [0.4, 0.5) is 0 Å². The Morgan fingerprint density at radius 1 is 1.00 bits per heavy atom. The fourth-order valence-electron chi connectivity index (χ4n) is 3.36. The summed E-state index contributed by atoms with van der Waals surface area (Å²) in [5, 5.41) is 0.352. The molecular formula is C15H21NOS. The number of benzene rings is 1. The fourth-order valence-corrected chi connectivity index (χ4v) is 5.04. The Labute approximate surface area is 112 Å². The summed E-state index contributed by atoms with van der Waals surface area (Å²) in [4.78, 5) is 3.59. The molecule has 0 aromatic heterocycles. The highest BCUT2D eigenvalue weighted by atomic mass is 32.2. The molecule has 0 N–H and O–H groups in total. The molecule has 3 heteroatoms. The van der Waals surface area contributed by atoms with Gasteiger partial charge in [-0.05, 0) is 44.5 Å². The van der Waals surface area contributed by atoms with E-state index in [1.165, 1.54) is 32.2 Å². The van der Waals surface area contributed by atoms with Crippen LogP contribution < -0.4 is 0 Å². The summed E-state index contributed by atoms with van der Waals surface area (Å²) in [6.45, 7) is 2.36. The van der Waals surface area contributed by atoms with Crippen LogP contribution in [0.25, 0.3) is 0 Å². The Kier molecular flexibility index (Phi) is 3.80. The van der Waals surface area contributed by atoms with Gasteiger partial charge >= 0.3 is 0 Å². The molecule has 0 aliphatic carbocycles. The van der Waals surface area contributed by atoms with Gasteiger partial charge in [0, 0.05) is 10.9 Å². The van der Waals surface area contributed by atoms with E-state index in [1.807, 2.05) is 30.3 Å². The van der Waals surface area contributed by atoms with Gasteiger partial charge in [-0.2, -0.15) is 0 Å². The molecule has 3 rings (SSSR count). The Morgan fingerprint density at radius 3 is 2.67 bits per heavy atom. The van der Waals surface area contributed by atoms with E-state index in [4.69, 9.17) is 0 Å². The van der Waals surface area contributed by atoms with E-state index in [2.05, 4.69) is 4.90 Å². The first-order valence-corrected chi connectivity index (χ1v) is 8.27. The van der Waals surface area contributed by atoms with Crippen molar-refractivity contribution >= 4 is 10.8 Å². The number of hydrogen-bond acceptors (Lipinski definition) is 2. The summed E-state index contributed by atoms with van der Waals surface area (Å²) < 4.78 is 12.7. The van der Waals surface area contributed by atoms with Crippen molar-refractivity contribution in [1.29, 1.82) is 0 Å². The van der Waals surface area contributed by atoms with Crippen LogP contribution in [0, 0.1) is 0 Å². The second-order valence-electron chi connectivity index (χ2n) is 5.39. The van der Waals surface area contributed by atoms with Crippen molar-refractivity contribution in [2.75, 3.05) is 13.1 Å². The Hall–Kier alpha value is -0.670. The van der Waals surface area contributed by atoms with Crippen LogP contribution in [0.3, 0.4) is 0 Å². The Balaban J connectivity index is 1.78. The van der Waals surface area contributed by atoms with Gasteiger partial charge in [-0.25, -0.2) is 0 Å². The standard InChI is InChI=1S/C15H21NOS/c17-18(13-7-3-1-4-8-13)15-10-12-16-11-6-2-5-9-14(15)16/h1,3-4,7-8,14-15H,2,5-6,9-12H2. The van der Waals surface area contributed by atoms with Crippen molar-refractivity contribution in [3.05, 3.63) is 30.3 Å². The Morgan fingerprint density at radius 2 is 1.83 bits per heavy atom. The maximum Gasteiger partial charge on any atom is 0.0577 e. The van der Waals surface area contributed by atoms with Gasteiger partial charge in [-0.3, -0.25) is 9.11 Å². The predicted octanol–water partition coefficient (Wildman–Crippen LogP) is 2.81. The number of hydrogen-bond donors (Lipinski definition) is 0. The topological polar surface area (TPSA) is 20.3 Å². The van der Waals surface area contributed by atoms with Crippen molar-refractivity contribution in [3.63, 3.8) is 0 Å². The quantitative estimate of drug-likeness (QED) is 0.818. The molecule has 0 bridgehead atoms. The molecule has 2 nitrogen and oxygen atoms in total. The minimum Gasteiger partial charge on any atom is -0.299 e. The lowest BCUT2D eigenvalue weighted by molar-refractivity contribution is 0.262. The van der Waals surface area contributed by atoms with Crippen molar-refractivity contribution in [3.8, 4) is 0 Å². The smallest absolute Gasteiger partial charge is 0.0577 e. The molecule has 0 saturated carbocycles. The lowest BCUT2D eigenvalue weighted by atomic mass is 10.1. The second kappa shape index (κ2) is 5.54. The largest absolute Gasteiger partial charge is 0.299 e. The van der Waals surface area contributed by atoms with Crippen LogP contribution in [0.2, 0.25) is 0 Å². The minimum absolute atomic E-state index is 0.352. The molecule has 2 aliphatic heterocycles. The number of nitrogens with zero attached hydrogens (tertiary/aromatic N) is 1. The van der Waals surface area contributed by atoms with E-state index in [1.54, 1.807) is 0 Å². The van der Waals surface area contributed by atoms with Gasteiger partial charge in [0.1, 0.15) is 0 Å². The average molecular weight is 263 g/mol. The van der Waals surface area contributed by atoms with Crippen molar-refractivity contribution in [2.45, 2.75) is 48.3 Å². The summed E-state index contributed by atoms with van der Waals surface area (Å²) >= 11 is 0. The molecule has 3 unspecified atom stereocenters. The highest BCUT2D eigenvalue weighted by Gasteiger charge is 2.38. The molecule has 2 saturated heterocycles. The highest BCUT2D eigenvalue weighted by molar-refractivity contribution is 7.85. The lowest BCUT2D eigenvalue weighted by Gasteiger charge is -2.25. The molecule has 2 heterocycles. The third-order valence-electron chi connectivity index (χ3n) is 4.29. The number of rotatable bonds is 2. The van der Waals surface area contributed by atoms with Gasteiger partial charge in [-0.1, -0.05) is 31.0 Å². The zero-order chi connectivity index (χ0) is 12.4. The van der Waals surface area contributed by atoms with Gasteiger partial charge in [0.25, 0.3) is 0 Å². The molecule has 3 atom stereocenters. The van der Waals surface area contributed by atoms with Crippen LogP contribution >= 0.6 is 0 Å². The van der Waals surface area contributed by atoms with E-state index in [9.17, 15) is 4.21 Å². The molecule has 2 aliphatic rings. The summed E-state index contributed by atoms with van der Waals surface area (Å²) in [6, 6.07) is 10.6. The maximum atomic E-state index is 12.7. The molecule has 0 spiro atoms. The SMILES string of the molecule is O=S(c1ccccc1)C1CCN2CCCCCC12. The molecule has 1 aromatic rings. The fraction of sp³-hybridized carbons (Fsp3) is 0.600. The molecule has 18 heavy (non-hydrogen) atoms. The minimum atomic E-state index is -0.826. The average Bonchev–Trinajstić information content (AvgIpc) is 2.68. The normalized spacial score (nSPS) is 30.7. The van der Waals surface area contributed by atoms with Crippen molar-refractivity contribution < 1.29 is 4.21 Å². The van der Waals surface area contributed by atoms with Crippen LogP contribution in [0.1, 0.15) is 32.1 Å². The monoisotopic (exact) mass is 263 g/mol. The van der Waals surface area contributed by atoms with Crippen LogP contribution in [0.15, 0.2) is 35.2 Å². The molecular weight excluding hydrogens is 242 g/mol. The first-order valence-electron chi connectivity index (χ1n) is 7.06. The van der Waals surface area contributed by atoms with Gasteiger partial charge in [0.15, 0.2) is 0 Å². The molecule has 98 valence electrons.